The topological polar surface area (TPSA) is 46.2 Å². The fourth-order valence-electron chi connectivity index (χ4n) is 0.590. The fourth-order valence-corrected chi connectivity index (χ4v) is 0.590. The van der Waals surface area contributed by atoms with E-state index in [2.05, 4.69) is 5.32 Å². The van der Waals surface area contributed by atoms with Crippen LogP contribution in [0.4, 0.5) is 0 Å². The predicted octanol–water partition coefficient (Wildman–Crippen LogP) is 1.97. The number of imide groups is 1. The van der Waals surface area contributed by atoms with E-state index < -0.39 is 0 Å². The van der Waals surface area contributed by atoms with E-state index >= 15 is 0 Å². The van der Waals surface area contributed by atoms with Crippen molar-refractivity contribution in [3.8, 4) is 0 Å². The Labute approximate surface area is 80.9 Å². The van der Waals surface area contributed by atoms with Crippen LogP contribution in [-0.2, 0) is 9.59 Å². The maximum atomic E-state index is 11.1. The summed E-state index contributed by atoms with van der Waals surface area (Å²) in [5.74, 6) is -0.303. The van der Waals surface area contributed by atoms with Crippen molar-refractivity contribution in [2.75, 3.05) is 0 Å². The standard InChI is InChI=1S/C8H15NO2.C2H6/c1-5(2)6(3)8(11)9-7(4)10;1-2/h5-6H,1-4H3,(H,9,10,11);1-2H3. The van der Waals surface area contributed by atoms with Gasteiger partial charge in [0.05, 0.1) is 0 Å². The molecule has 0 radical (unpaired) electrons. The van der Waals surface area contributed by atoms with E-state index in [1.807, 2.05) is 34.6 Å². The number of nitrogens with one attached hydrogen (secondary N) is 1. The van der Waals surface area contributed by atoms with Crippen LogP contribution in [0.25, 0.3) is 0 Å². The average Bonchev–Trinajstić information content (AvgIpc) is 2.05. The maximum absolute atomic E-state index is 11.1. The zero-order valence-electron chi connectivity index (χ0n) is 9.47. The molecule has 1 N–H and O–H groups in total. The molecule has 0 rings (SSSR count). The quantitative estimate of drug-likeness (QED) is 0.718. The van der Waals surface area contributed by atoms with E-state index in [0.717, 1.165) is 0 Å². The Morgan fingerprint density at radius 2 is 1.46 bits per heavy atom. The molecule has 13 heavy (non-hydrogen) atoms. The molecular formula is C10H21NO2. The van der Waals surface area contributed by atoms with Gasteiger partial charge in [0.25, 0.3) is 0 Å². The van der Waals surface area contributed by atoms with Crippen molar-refractivity contribution in [1.29, 1.82) is 0 Å². The molecule has 0 aromatic carbocycles. The minimum atomic E-state index is -0.289. The summed E-state index contributed by atoms with van der Waals surface area (Å²) in [4.78, 5) is 21.5. The van der Waals surface area contributed by atoms with Crippen molar-refractivity contribution in [2.45, 2.75) is 41.5 Å². The molecule has 0 saturated carbocycles. The zero-order valence-corrected chi connectivity index (χ0v) is 9.47. The third-order valence-electron chi connectivity index (χ3n) is 1.71. The molecule has 2 amide bonds. The van der Waals surface area contributed by atoms with Crippen molar-refractivity contribution in [3.05, 3.63) is 0 Å². The van der Waals surface area contributed by atoms with Crippen LogP contribution < -0.4 is 5.32 Å². The van der Waals surface area contributed by atoms with Gasteiger partial charge in [-0.2, -0.15) is 0 Å². The Morgan fingerprint density at radius 1 is 1.08 bits per heavy atom. The first-order chi connectivity index (χ1) is 5.95. The number of hydrogen-bond acceptors (Lipinski definition) is 2. The lowest BCUT2D eigenvalue weighted by atomic mass is 9.97. The fraction of sp³-hybridized carbons (Fsp3) is 0.800. The predicted molar refractivity (Wildman–Crippen MR) is 54.2 cm³/mol. The summed E-state index contributed by atoms with van der Waals surface area (Å²) < 4.78 is 0. The second-order valence-corrected chi connectivity index (χ2v) is 3.08. The van der Waals surface area contributed by atoms with Gasteiger partial charge < -0.3 is 0 Å². The van der Waals surface area contributed by atoms with Crippen molar-refractivity contribution in [3.63, 3.8) is 0 Å². The van der Waals surface area contributed by atoms with Gasteiger partial charge in [-0.05, 0) is 5.92 Å². The first-order valence-corrected chi connectivity index (χ1v) is 4.76. The highest BCUT2D eigenvalue weighted by molar-refractivity contribution is 5.95. The molecule has 0 heterocycles. The lowest BCUT2D eigenvalue weighted by Gasteiger charge is -2.13. The first kappa shape index (κ1) is 14.7. The number of carbonyl (C=O) groups excluding carboxylic acids is 2. The van der Waals surface area contributed by atoms with Gasteiger partial charge in [-0.3, -0.25) is 14.9 Å². The van der Waals surface area contributed by atoms with Gasteiger partial charge in [-0.1, -0.05) is 34.6 Å². The summed E-state index contributed by atoms with van der Waals surface area (Å²) in [7, 11) is 0. The van der Waals surface area contributed by atoms with Gasteiger partial charge in [-0.15, -0.1) is 0 Å². The van der Waals surface area contributed by atoms with Crippen LogP contribution in [0.5, 0.6) is 0 Å². The maximum Gasteiger partial charge on any atom is 0.229 e. The van der Waals surface area contributed by atoms with Crippen molar-refractivity contribution < 1.29 is 9.59 Å². The summed E-state index contributed by atoms with van der Waals surface area (Å²) in [6.45, 7) is 11.0. The Morgan fingerprint density at radius 3 is 1.69 bits per heavy atom. The molecule has 0 bridgehead atoms. The summed E-state index contributed by atoms with van der Waals surface area (Å²) in [5, 5.41) is 2.25. The highest BCUT2D eigenvalue weighted by Crippen LogP contribution is 2.08. The van der Waals surface area contributed by atoms with Crippen molar-refractivity contribution in [1.82, 2.24) is 5.32 Å². The van der Waals surface area contributed by atoms with Gasteiger partial charge in [0.1, 0.15) is 0 Å². The molecule has 0 fully saturated rings. The molecule has 78 valence electrons. The van der Waals surface area contributed by atoms with E-state index in [0.29, 0.717) is 0 Å². The summed E-state index contributed by atoms with van der Waals surface area (Å²) in [6.07, 6.45) is 0. The van der Waals surface area contributed by atoms with Gasteiger partial charge in [0.2, 0.25) is 11.8 Å². The molecule has 3 heteroatoms. The molecule has 1 unspecified atom stereocenters. The molecule has 3 nitrogen and oxygen atoms in total. The highest BCUT2D eigenvalue weighted by Gasteiger charge is 2.16. The molecule has 0 aromatic rings. The van der Waals surface area contributed by atoms with Gasteiger partial charge in [-0.25, -0.2) is 0 Å². The molecule has 0 aliphatic rings. The van der Waals surface area contributed by atoms with Crippen LogP contribution in [0, 0.1) is 11.8 Å². The lowest BCUT2D eigenvalue weighted by Crippen LogP contribution is -2.34. The third kappa shape index (κ3) is 7.50. The van der Waals surface area contributed by atoms with E-state index in [1.54, 1.807) is 0 Å². The number of hydrogen-bond donors (Lipinski definition) is 1. The van der Waals surface area contributed by atoms with Crippen LogP contribution in [0.1, 0.15) is 41.5 Å². The van der Waals surface area contributed by atoms with Crippen LogP contribution >= 0.6 is 0 Å². The minimum absolute atomic E-state index is 0.0982. The van der Waals surface area contributed by atoms with Crippen LogP contribution in [-0.4, -0.2) is 11.8 Å². The number of amides is 2. The number of rotatable bonds is 2. The molecule has 0 aliphatic carbocycles. The van der Waals surface area contributed by atoms with Crippen LogP contribution in [0.2, 0.25) is 0 Å². The second-order valence-electron chi connectivity index (χ2n) is 3.08. The SMILES string of the molecule is CC.CC(=O)NC(=O)C(C)C(C)C. The minimum Gasteiger partial charge on any atom is -0.296 e. The Kier molecular flexibility index (Phi) is 8.76. The third-order valence-corrected chi connectivity index (χ3v) is 1.71. The molecular weight excluding hydrogens is 166 g/mol. The zero-order chi connectivity index (χ0) is 11.0. The normalized spacial score (nSPS) is 11.3. The Bertz CT molecular complexity index is 164. The Balaban J connectivity index is 0. The summed E-state index contributed by atoms with van der Waals surface area (Å²) in [6, 6.07) is 0. The molecule has 0 saturated heterocycles. The van der Waals surface area contributed by atoms with Crippen LogP contribution in [0.15, 0.2) is 0 Å². The molecule has 1 atom stereocenters. The first-order valence-electron chi connectivity index (χ1n) is 4.76. The lowest BCUT2D eigenvalue weighted by molar-refractivity contribution is -0.132. The molecule has 0 spiro atoms. The summed E-state index contributed by atoms with van der Waals surface area (Å²) >= 11 is 0. The number of carbonyl (C=O) groups is 2. The second kappa shape index (κ2) is 7.77. The van der Waals surface area contributed by atoms with Crippen molar-refractivity contribution >= 4 is 11.8 Å². The largest absolute Gasteiger partial charge is 0.296 e. The van der Waals surface area contributed by atoms with Gasteiger partial charge in [0.15, 0.2) is 0 Å². The van der Waals surface area contributed by atoms with E-state index in [-0.39, 0.29) is 23.7 Å². The van der Waals surface area contributed by atoms with E-state index in [1.165, 1.54) is 6.92 Å². The molecule has 0 aromatic heterocycles. The highest BCUT2D eigenvalue weighted by atomic mass is 16.2. The average molecular weight is 187 g/mol. The monoisotopic (exact) mass is 187 g/mol. The smallest absolute Gasteiger partial charge is 0.229 e. The van der Waals surface area contributed by atoms with Gasteiger partial charge >= 0.3 is 0 Å². The van der Waals surface area contributed by atoms with Gasteiger partial charge in [0, 0.05) is 12.8 Å². The Hall–Kier alpha value is -0.860. The van der Waals surface area contributed by atoms with E-state index in [9.17, 15) is 9.59 Å². The summed E-state index contributed by atoms with van der Waals surface area (Å²) in [5.41, 5.74) is 0. The van der Waals surface area contributed by atoms with Crippen molar-refractivity contribution in [2.24, 2.45) is 11.8 Å². The van der Waals surface area contributed by atoms with Crippen LogP contribution in [0.3, 0.4) is 0 Å². The molecule has 0 aliphatic heterocycles. The van der Waals surface area contributed by atoms with E-state index in [4.69, 9.17) is 0 Å².